The number of likely N-dealkylation sites (tertiary alicyclic amines) is 1. The topological polar surface area (TPSA) is 131 Å². The SMILES string of the molecule is COc1cc(C(=O)N2CCC3(CC2)CC(CN(C)C)OC3=O)nc(OC)n1.O=CO. The molecular formula is C19H28N4O7. The van der Waals surface area contributed by atoms with Crippen LogP contribution in [0.1, 0.15) is 29.8 Å². The minimum absolute atomic E-state index is 0.0786. The molecule has 2 aliphatic heterocycles. The molecule has 2 aliphatic rings. The molecule has 2 fully saturated rings. The summed E-state index contributed by atoms with van der Waals surface area (Å²) in [6, 6.07) is 1.57. The first-order chi connectivity index (χ1) is 14.3. The molecule has 0 radical (unpaired) electrons. The summed E-state index contributed by atoms with van der Waals surface area (Å²) in [5, 5.41) is 6.89. The number of piperidine rings is 1. The quantitative estimate of drug-likeness (QED) is 0.520. The summed E-state index contributed by atoms with van der Waals surface area (Å²) in [5.74, 6) is -0.0866. The average Bonchev–Trinajstić information content (AvgIpc) is 3.01. The molecule has 1 unspecified atom stereocenters. The number of methoxy groups -OCH3 is 2. The van der Waals surface area contributed by atoms with Crippen LogP contribution in [0.4, 0.5) is 0 Å². The highest BCUT2D eigenvalue weighted by atomic mass is 16.6. The third-order valence-corrected chi connectivity index (χ3v) is 5.19. The Hall–Kier alpha value is -2.95. The van der Waals surface area contributed by atoms with Gasteiger partial charge in [-0.3, -0.25) is 14.4 Å². The molecule has 0 aliphatic carbocycles. The van der Waals surface area contributed by atoms with E-state index in [1.54, 1.807) is 4.90 Å². The number of ether oxygens (including phenoxy) is 3. The largest absolute Gasteiger partial charge is 0.483 e. The zero-order valence-electron chi connectivity index (χ0n) is 17.7. The molecule has 3 rings (SSSR count). The molecule has 1 aromatic rings. The summed E-state index contributed by atoms with van der Waals surface area (Å²) < 4.78 is 15.7. The summed E-state index contributed by atoms with van der Waals surface area (Å²) in [6.45, 7) is 1.44. The number of carbonyl (C=O) groups is 3. The van der Waals surface area contributed by atoms with Gasteiger partial charge in [0.2, 0.25) is 5.88 Å². The van der Waals surface area contributed by atoms with Crippen molar-refractivity contribution in [3.8, 4) is 11.9 Å². The Morgan fingerprint density at radius 1 is 1.33 bits per heavy atom. The van der Waals surface area contributed by atoms with Crippen molar-refractivity contribution in [3.05, 3.63) is 11.8 Å². The van der Waals surface area contributed by atoms with Crippen LogP contribution in [0.25, 0.3) is 0 Å². The Balaban J connectivity index is 0.00000101. The second-order valence-electron chi connectivity index (χ2n) is 7.45. The molecule has 1 atom stereocenters. The summed E-state index contributed by atoms with van der Waals surface area (Å²) >= 11 is 0. The highest BCUT2D eigenvalue weighted by Gasteiger charge is 2.50. The van der Waals surface area contributed by atoms with Crippen LogP contribution in [0, 0.1) is 5.41 Å². The zero-order valence-corrected chi connectivity index (χ0v) is 17.7. The Kier molecular flexibility index (Phi) is 7.93. The summed E-state index contributed by atoms with van der Waals surface area (Å²) in [5.41, 5.74) is -0.257. The lowest BCUT2D eigenvalue weighted by Crippen LogP contribution is -2.45. The molecule has 1 aromatic heterocycles. The first-order valence-electron chi connectivity index (χ1n) is 9.48. The number of rotatable bonds is 5. The number of aromatic nitrogens is 2. The van der Waals surface area contributed by atoms with Crippen LogP contribution in [0.15, 0.2) is 6.07 Å². The highest BCUT2D eigenvalue weighted by Crippen LogP contribution is 2.43. The molecule has 1 N–H and O–H groups in total. The van der Waals surface area contributed by atoms with Gasteiger partial charge in [0.1, 0.15) is 11.8 Å². The molecule has 11 heteroatoms. The van der Waals surface area contributed by atoms with Gasteiger partial charge < -0.3 is 29.1 Å². The second-order valence-corrected chi connectivity index (χ2v) is 7.45. The van der Waals surface area contributed by atoms with Gasteiger partial charge in [-0.05, 0) is 26.9 Å². The van der Waals surface area contributed by atoms with E-state index in [-0.39, 0.29) is 42.0 Å². The van der Waals surface area contributed by atoms with Crippen LogP contribution in [-0.2, 0) is 14.3 Å². The van der Waals surface area contributed by atoms with Crippen LogP contribution < -0.4 is 9.47 Å². The monoisotopic (exact) mass is 424 g/mol. The Bertz CT molecular complexity index is 741. The fourth-order valence-electron chi connectivity index (χ4n) is 3.76. The molecule has 166 valence electrons. The molecule has 0 aromatic carbocycles. The average molecular weight is 424 g/mol. The molecule has 3 heterocycles. The smallest absolute Gasteiger partial charge is 0.320 e. The molecule has 1 spiro atoms. The van der Waals surface area contributed by atoms with Crippen LogP contribution in [-0.4, -0.2) is 97.3 Å². The van der Waals surface area contributed by atoms with Crippen LogP contribution in [0.3, 0.4) is 0 Å². The lowest BCUT2D eigenvalue weighted by molar-refractivity contribution is -0.150. The number of esters is 1. The van der Waals surface area contributed by atoms with Crippen molar-refractivity contribution >= 4 is 18.3 Å². The lowest BCUT2D eigenvalue weighted by atomic mass is 9.76. The number of cyclic esters (lactones) is 1. The van der Waals surface area contributed by atoms with Gasteiger partial charge >= 0.3 is 12.0 Å². The first kappa shape index (κ1) is 23.3. The van der Waals surface area contributed by atoms with E-state index in [0.29, 0.717) is 32.4 Å². The maximum atomic E-state index is 12.8. The minimum Gasteiger partial charge on any atom is -0.483 e. The van der Waals surface area contributed by atoms with E-state index in [1.807, 2.05) is 19.0 Å². The van der Waals surface area contributed by atoms with Crippen molar-refractivity contribution in [2.75, 3.05) is 47.9 Å². The van der Waals surface area contributed by atoms with Crippen LogP contribution >= 0.6 is 0 Å². The second kappa shape index (κ2) is 10.2. The summed E-state index contributed by atoms with van der Waals surface area (Å²) in [6.07, 6.45) is 1.83. The van der Waals surface area contributed by atoms with Gasteiger partial charge in [0.05, 0.1) is 19.6 Å². The van der Waals surface area contributed by atoms with Crippen molar-refractivity contribution in [1.29, 1.82) is 0 Å². The fraction of sp³-hybridized carbons (Fsp3) is 0.632. The fourth-order valence-corrected chi connectivity index (χ4v) is 3.76. The Morgan fingerprint density at radius 2 is 1.97 bits per heavy atom. The Labute approximate surface area is 174 Å². The van der Waals surface area contributed by atoms with Crippen molar-refractivity contribution in [2.45, 2.75) is 25.4 Å². The molecular weight excluding hydrogens is 396 g/mol. The highest BCUT2D eigenvalue weighted by molar-refractivity contribution is 5.93. The first-order valence-corrected chi connectivity index (χ1v) is 9.48. The normalized spacial score (nSPS) is 19.7. The van der Waals surface area contributed by atoms with E-state index in [2.05, 4.69) is 9.97 Å². The van der Waals surface area contributed by atoms with Crippen molar-refractivity contribution < 1.29 is 33.7 Å². The maximum absolute atomic E-state index is 12.8. The van der Waals surface area contributed by atoms with E-state index >= 15 is 0 Å². The lowest BCUT2D eigenvalue weighted by Gasteiger charge is -2.36. The van der Waals surface area contributed by atoms with E-state index < -0.39 is 5.41 Å². The third-order valence-electron chi connectivity index (χ3n) is 5.19. The number of hydrogen-bond donors (Lipinski definition) is 1. The number of carbonyl (C=O) groups excluding carboxylic acids is 2. The van der Waals surface area contributed by atoms with Gasteiger partial charge in [0.25, 0.3) is 12.4 Å². The number of hydrogen-bond acceptors (Lipinski definition) is 9. The number of carboxylic acid groups (broad SMARTS) is 1. The van der Waals surface area contributed by atoms with Crippen LogP contribution in [0.2, 0.25) is 0 Å². The van der Waals surface area contributed by atoms with E-state index in [9.17, 15) is 9.59 Å². The maximum Gasteiger partial charge on any atom is 0.320 e. The van der Waals surface area contributed by atoms with Gasteiger partial charge in [0.15, 0.2) is 0 Å². The third kappa shape index (κ3) is 5.35. The van der Waals surface area contributed by atoms with Crippen molar-refractivity contribution in [1.82, 2.24) is 19.8 Å². The molecule has 0 bridgehead atoms. The van der Waals surface area contributed by atoms with E-state index in [0.717, 1.165) is 6.54 Å². The molecule has 0 saturated carbocycles. The van der Waals surface area contributed by atoms with Gasteiger partial charge in [0, 0.05) is 32.1 Å². The standard InChI is InChI=1S/C18H26N4O5.CH2O2/c1-21(2)11-12-10-18(16(24)27-12)5-7-22(8-6-18)15(23)13-9-14(25-3)20-17(19-13)26-4;2-1-3/h9,12H,5-8,10-11H2,1-4H3;1H,(H,2,3). The molecule has 30 heavy (non-hydrogen) atoms. The van der Waals surface area contributed by atoms with Gasteiger partial charge in [-0.1, -0.05) is 0 Å². The van der Waals surface area contributed by atoms with Crippen molar-refractivity contribution in [3.63, 3.8) is 0 Å². The number of amides is 1. The predicted molar refractivity (Wildman–Crippen MR) is 104 cm³/mol. The van der Waals surface area contributed by atoms with Crippen molar-refractivity contribution in [2.24, 2.45) is 5.41 Å². The van der Waals surface area contributed by atoms with Gasteiger partial charge in [-0.2, -0.15) is 9.97 Å². The zero-order chi connectivity index (χ0) is 22.3. The van der Waals surface area contributed by atoms with Crippen LogP contribution in [0.5, 0.6) is 11.9 Å². The number of nitrogens with zero attached hydrogens (tertiary/aromatic N) is 4. The van der Waals surface area contributed by atoms with Gasteiger partial charge in [-0.25, -0.2) is 0 Å². The summed E-state index contributed by atoms with van der Waals surface area (Å²) in [7, 11) is 6.83. The van der Waals surface area contributed by atoms with E-state index in [4.69, 9.17) is 24.1 Å². The molecule has 2 saturated heterocycles. The molecule has 11 nitrogen and oxygen atoms in total. The number of likely N-dealkylation sites (N-methyl/N-ethyl adjacent to an activating group) is 1. The predicted octanol–water partition coefficient (Wildman–Crippen LogP) is 0.294. The van der Waals surface area contributed by atoms with E-state index in [1.165, 1.54) is 20.3 Å². The Morgan fingerprint density at radius 3 is 2.50 bits per heavy atom. The van der Waals surface area contributed by atoms with Gasteiger partial charge in [-0.15, -0.1) is 0 Å². The minimum atomic E-state index is -0.474. The molecule has 1 amide bonds. The summed E-state index contributed by atoms with van der Waals surface area (Å²) in [4.78, 5) is 45.5.